The van der Waals surface area contributed by atoms with Gasteiger partial charge in [0.05, 0.1) is 0 Å². The highest BCUT2D eigenvalue weighted by Crippen LogP contribution is 2.37. The van der Waals surface area contributed by atoms with Crippen molar-refractivity contribution in [2.24, 2.45) is 0 Å². The molecule has 0 unspecified atom stereocenters. The molecular weight excluding hydrogens is 308 g/mol. The van der Waals surface area contributed by atoms with Crippen LogP contribution in [0.2, 0.25) is 41.3 Å². The van der Waals surface area contributed by atoms with Crippen molar-refractivity contribution >= 4 is 25.9 Å². The fraction of sp³-hybridized carbons (Fsp3) is 1.00. The van der Waals surface area contributed by atoms with Crippen LogP contribution in [0.25, 0.3) is 0 Å². The molecule has 128 valence electrons. The van der Waals surface area contributed by atoms with Gasteiger partial charge in [0.25, 0.3) is 0 Å². The maximum atomic E-state index is 6.90. The zero-order valence-corrected chi connectivity index (χ0v) is 19.3. The molecule has 0 saturated carbocycles. The molecule has 0 saturated heterocycles. The molecule has 0 aromatic carbocycles. The van der Waals surface area contributed by atoms with E-state index in [1.807, 2.05) is 0 Å². The van der Waals surface area contributed by atoms with E-state index < -0.39 is 25.9 Å². The van der Waals surface area contributed by atoms with Crippen LogP contribution in [0.5, 0.6) is 0 Å². The molecule has 2 nitrogen and oxygen atoms in total. The minimum absolute atomic E-state index is 0.190. The van der Waals surface area contributed by atoms with E-state index in [1.165, 1.54) is 36.3 Å². The smallest absolute Gasteiger partial charge is 0.306 e. The van der Waals surface area contributed by atoms with Gasteiger partial charge in [-0.3, -0.25) is 0 Å². The first-order chi connectivity index (χ1) is 9.68. The van der Waals surface area contributed by atoms with E-state index in [1.54, 1.807) is 0 Å². The molecular formula is C16H40O2Si3. The van der Waals surface area contributed by atoms with E-state index >= 15 is 0 Å². The molecule has 0 bridgehead atoms. The first-order valence-electron chi connectivity index (χ1n) is 9.03. The number of rotatable bonds is 10. The van der Waals surface area contributed by atoms with Crippen LogP contribution in [0.1, 0.15) is 62.3 Å². The average molecular weight is 349 g/mol. The van der Waals surface area contributed by atoms with Crippen molar-refractivity contribution in [2.45, 2.75) is 104 Å². The first-order valence-corrected chi connectivity index (χ1v) is 15.6. The van der Waals surface area contributed by atoms with Crippen LogP contribution in [0.4, 0.5) is 0 Å². The van der Waals surface area contributed by atoms with E-state index in [0.29, 0.717) is 0 Å². The highest BCUT2D eigenvalue weighted by molar-refractivity contribution is 6.84. The van der Waals surface area contributed by atoms with Crippen LogP contribution in [0.15, 0.2) is 0 Å². The van der Waals surface area contributed by atoms with Crippen LogP contribution in [0.3, 0.4) is 0 Å². The summed E-state index contributed by atoms with van der Waals surface area (Å²) >= 11 is 0. The molecule has 0 spiro atoms. The van der Waals surface area contributed by atoms with Gasteiger partial charge in [0.15, 0.2) is 16.6 Å². The SMILES string of the molecule is CC[Si](CC)(CC)O[SiH](O[Si](CC)(CC)CC)C(C)(C)C. The molecule has 0 aliphatic heterocycles. The zero-order chi connectivity index (χ0) is 16.7. The minimum atomic E-state index is -1.65. The highest BCUT2D eigenvalue weighted by Gasteiger charge is 2.43. The molecule has 0 aliphatic carbocycles. The molecule has 0 fully saturated rings. The molecule has 0 aromatic heterocycles. The Morgan fingerprint density at radius 3 is 1.00 bits per heavy atom. The second-order valence-electron chi connectivity index (χ2n) is 7.42. The lowest BCUT2D eigenvalue weighted by atomic mass is 10.3. The van der Waals surface area contributed by atoms with Crippen molar-refractivity contribution < 1.29 is 8.23 Å². The second kappa shape index (κ2) is 9.01. The van der Waals surface area contributed by atoms with Gasteiger partial charge in [0, 0.05) is 5.04 Å². The van der Waals surface area contributed by atoms with Gasteiger partial charge < -0.3 is 8.23 Å². The molecule has 0 heterocycles. The van der Waals surface area contributed by atoms with Crippen LogP contribution < -0.4 is 0 Å². The molecule has 0 rings (SSSR count). The predicted octanol–water partition coefficient (Wildman–Crippen LogP) is 6.05. The molecule has 0 N–H and O–H groups in total. The van der Waals surface area contributed by atoms with Crippen molar-refractivity contribution in [2.75, 3.05) is 0 Å². The topological polar surface area (TPSA) is 18.5 Å². The Labute approximate surface area is 138 Å². The van der Waals surface area contributed by atoms with Crippen molar-refractivity contribution in [3.63, 3.8) is 0 Å². The summed E-state index contributed by atoms with van der Waals surface area (Å²) in [7, 11) is -4.79. The fourth-order valence-electron chi connectivity index (χ4n) is 2.83. The summed E-state index contributed by atoms with van der Waals surface area (Å²) in [4.78, 5) is 0. The summed E-state index contributed by atoms with van der Waals surface area (Å²) in [5.74, 6) is 0. The van der Waals surface area contributed by atoms with Gasteiger partial charge >= 0.3 is 9.28 Å². The third-order valence-electron chi connectivity index (χ3n) is 5.29. The van der Waals surface area contributed by atoms with E-state index in [2.05, 4.69) is 62.3 Å². The maximum Gasteiger partial charge on any atom is 0.306 e. The van der Waals surface area contributed by atoms with Crippen molar-refractivity contribution in [1.82, 2.24) is 0 Å². The Morgan fingerprint density at radius 1 is 0.619 bits per heavy atom. The monoisotopic (exact) mass is 348 g/mol. The van der Waals surface area contributed by atoms with Crippen molar-refractivity contribution in [3.8, 4) is 0 Å². The Balaban J connectivity index is 5.32. The molecule has 0 aromatic rings. The third-order valence-corrected chi connectivity index (χ3v) is 20.1. The Morgan fingerprint density at radius 2 is 0.857 bits per heavy atom. The van der Waals surface area contributed by atoms with E-state index in [4.69, 9.17) is 8.23 Å². The summed E-state index contributed by atoms with van der Waals surface area (Å²) in [6.45, 7) is 20.9. The molecule has 0 atom stereocenters. The Bertz CT molecular complexity index is 243. The summed E-state index contributed by atoms with van der Waals surface area (Å²) in [6.07, 6.45) is 0. The van der Waals surface area contributed by atoms with Gasteiger partial charge in [-0.1, -0.05) is 62.3 Å². The van der Waals surface area contributed by atoms with Crippen LogP contribution >= 0.6 is 0 Å². The zero-order valence-electron chi connectivity index (χ0n) is 16.1. The molecule has 5 heteroatoms. The van der Waals surface area contributed by atoms with E-state index in [9.17, 15) is 0 Å². The molecule has 0 radical (unpaired) electrons. The summed E-state index contributed by atoms with van der Waals surface area (Å²) < 4.78 is 13.8. The van der Waals surface area contributed by atoms with Crippen LogP contribution in [-0.2, 0) is 8.23 Å². The highest BCUT2D eigenvalue weighted by atomic mass is 28.4. The molecule has 21 heavy (non-hydrogen) atoms. The number of hydrogen-bond donors (Lipinski definition) is 0. The maximum absolute atomic E-state index is 6.90. The van der Waals surface area contributed by atoms with Gasteiger partial charge in [-0.2, -0.15) is 0 Å². The first kappa shape index (κ1) is 21.6. The predicted molar refractivity (Wildman–Crippen MR) is 103 cm³/mol. The Kier molecular flexibility index (Phi) is 9.26. The van der Waals surface area contributed by atoms with Gasteiger partial charge in [0.2, 0.25) is 0 Å². The van der Waals surface area contributed by atoms with Crippen LogP contribution in [-0.4, -0.2) is 25.9 Å². The standard InChI is InChI=1S/C16H40O2Si3/c1-10-20(11-2,12-3)17-19(16(7,8)9)18-21(13-4,14-5)15-6/h19H,10-15H2,1-9H3. The molecule has 0 amide bonds. The lowest BCUT2D eigenvalue weighted by molar-refractivity contribution is 0.360. The third kappa shape index (κ3) is 5.94. The molecule has 0 aliphatic rings. The summed E-state index contributed by atoms with van der Waals surface area (Å²) in [5.41, 5.74) is 0. The minimum Gasteiger partial charge on any atom is -0.438 e. The van der Waals surface area contributed by atoms with Gasteiger partial charge in [0.1, 0.15) is 0 Å². The van der Waals surface area contributed by atoms with Gasteiger partial charge in [-0.05, 0) is 36.3 Å². The van der Waals surface area contributed by atoms with Gasteiger partial charge in [-0.15, -0.1) is 0 Å². The van der Waals surface area contributed by atoms with Crippen LogP contribution in [0, 0.1) is 0 Å². The average Bonchev–Trinajstić information content (AvgIpc) is 2.48. The summed E-state index contributed by atoms with van der Waals surface area (Å²) in [6, 6.07) is 7.34. The quantitative estimate of drug-likeness (QED) is 0.447. The van der Waals surface area contributed by atoms with E-state index in [0.717, 1.165) is 0 Å². The second-order valence-corrected chi connectivity index (χ2v) is 20.7. The fourth-order valence-corrected chi connectivity index (χ4v) is 16.9. The summed E-state index contributed by atoms with van der Waals surface area (Å²) in [5, 5.41) is 0.190. The Hall–Kier alpha value is 0.571. The van der Waals surface area contributed by atoms with Crippen molar-refractivity contribution in [1.29, 1.82) is 0 Å². The normalized spacial score (nSPS) is 14.0. The van der Waals surface area contributed by atoms with E-state index in [-0.39, 0.29) is 5.04 Å². The van der Waals surface area contributed by atoms with Crippen molar-refractivity contribution in [3.05, 3.63) is 0 Å². The number of hydrogen-bond acceptors (Lipinski definition) is 2. The largest absolute Gasteiger partial charge is 0.438 e. The van der Waals surface area contributed by atoms with Gasteiger partial charge in [-0.25, -0.2) is 0 Å². The lowest BCUT2D eigenvalue weighted by Crippen LogP contribution is -2.52. The lowest BCUT2D eigenvalue weighted by Gasteiger charge is -2.43.